The van der Waals surface area contributed by atoms with Crippen molar-refractivity contribution in [3.8, 4) is 17.0 Å². The zero-order valence-corrected chi connectivity index (χ0v) is 15.9. The number of Topliss-reactive ketones (excluding diaryl/α,β-unsaturated/α-hetero) is 1. The summed E-state index contributed by atoms with van der Waals surface area (Å²) in [6, 6.07) is 13.5. The molecule has 0 unspecified atom stereocenters. The van der Waals surface area contributed by atoms with Crippen molar-refractivity contribution < 1.29 is 14.1 Å². The standard InChI is InChI=1S/C21H20N2O3S/c1-25-17-8-6-15(7-9-17)18-12-20(26-22-18)16-4-2-10-23(13-16)14-19(24)21-5-3-11-27-21/h3-9,11-12H,2,10,13-14H2,1H3. The van der Waals surface area contributed by atoms with Gasteiger partial charge in [-0.2, -0.15) is 0 Å². The number of benzene rings is 1. The largest absolute Gasteiger partial charge is 0.497 e. The summed E-state index contributed by atoms with van der Waals surface area (Å²) in [5.74, 6) is 1.74. The molecule has 1 aromatic carbocycles. The molecular weight excluding hydrogens is 360 g/mol. The maximum Gasteiger partial charge on any atom is 0.186 e. The van der Waals surface area contributed by atoms with Gasteiger partial charge in [-0.3, -0.25) is 9.69 Å². The van der Waals surface area contributed by atoms with Crippen molar-refractivity contribution in [1.29, 1.82) is 0 Å². The average Bonchev–Trinajstić information content (AvgIpc) is 3.40. The lowest BCUT2D eigenvalue weighted by Crippen LogP contribution is -2.34. The number of hydrogen-bond donors (Lipinski definition) is 0. The van der Waals surface area contributed by atoms with Crippen LogP contribution in [-0.4, -0.2) is 42.6 Å². The molecular formula is C21H20N2O3S. The number of hydrogen-bond acceptors (Lipinski definition) is 6. The Balaban J connectivity index is 1.44. The highest BCUT2D eigenvalue weighted by Gasteiger charge is 2.20. The van der Waals surface area contributed by atoms with Gasteiger partial charge in [-0.15, -0.1) is 11.3 Å². The first-order valence-electron chi connectivity index (χ1n) is 8.82. The van der Waals surface area contributed by atoms with Crippen LogP contribution in [0.4, 0.5) is 0 Å². The van der Waals surface area contributed by atoms with Crippen LogP contribution in [0.15, 0.2) is 58.4 Å². The highest BCUT2D eigenvalue weighted by atomic mass is 32.1. The first-order valence-corrected chi connectivity index (χ1v) is 9.70. The van der Waals surface area contributed by atoms with E-state index in [4.69, 9.17) is 9.26 Å². The lowest BCUT2D eigenvalue weighted by atomic mass is 10.1. The number of methoxy groups -OCH3 is 1. The molecule has 1 aliphatic rings. The molecule has 0 amide bonds. The van der Waals surface area contributed by atoms with E-state index in [2.05, 4.69) is 16.1 Å². The van der Waals surface area contributed by atoms with Crippen LogP contribution in [0.25, 0.3) is 16.8 Å². The third-order valence-corrected chi connectivity index (χ3v) is 5.52. The first-order chi connectivity index (χ1) is 13.2. The van der Waals surface area contributed by atoms with Gasteiger partial charge >= 0.3 is 0 Å². The fourth-order valence-corrected chi connectivity index (χ4v) is 3.82. The summed E-state index contributed by atoms with van der Waals surface area (Å²) in [4.78, 5) is 15.3. The maximum absolute atomic E-state index is 12.4. The van der Waals surface area contributed by atoms with Crippen LogP contribution in [0.2, 0.25) is 0 Å². The van der Waals surface area contributed by atoms with Crippen LogP contribution in [0, 0.1) is 0 Å². The predicted octanol–water partition coefficient (Wildman–Crippen LogP) is 4.38. The number of thiophene rings is 1. The van der Waals surface area contributed by atoms with Gasteiger partial charge in [0.15, 0.2) is 11.5 Å². The Kier molecular flexibility index (Phi) is 5.18. The maximum atomic E-state index is 12.4. The summed E-state index contributed by atoms with van der Waals surface area (Å²) in [7, 11) is 1.65. The normalized spacial score (nSPS) is 14.8. The van der Waals surface area contributed by atoms with E-state index in [9.17, 15) is 4.79 Å². The molecule has 5 nitrogen and oxygen atoms in total. The number of ether oxygens (including phenoxy) is 1. The summed E-state index contributed by atoms with van der Waals surface area (Å²) < 4.78 is 10.8. The smallest absolute Gasteiger partial charge is 0.186 e. The molecule has 0 radical (unpaired) electrons. The second kappa shape index (κ2) is 7.90. The molecule has 4 rings (SSSR count). The van der Waals surface area contributed by atoms with E-state index in [1.165, 1.54) is 11.3 Å². The van der Waals surface area contributed by atoms with Gasteiger partial charge in [-0.25, -0.2) is 0 Å². The molecule has 27 heavy (non-hydrogen) atoms. The molecule has 2 aromatic heterocycles. The third kappa shape index (κ3) is 4.02. The molecule has 0 fully saturated rings. The minimum Gasteiger partial charge on any atom is -0.497 e. The number of carbonyl (C=O) groups is 1. The van der Waals surface area contributed by atoms with Crippen molar-refractivity contribution in [1.82, 2.24) is 10.1 Å². The van der Waals surface area contributed by atoms with Gasteiger partial charge in [-0.05, 0) is 42.1 Å². The fraction of sp³-hybridized carbons (Fsp3) is 0.238. The second-order valence-electron chi connectivity index (χ2n) is 6.43. The van der Waals surface area contributed by atoms with Gasteiger partial charge in [0.2, 0.25) is 0 Å². The van der Waals surface area contributed by atoms with Crippen LogP contribution in [0.1, 0.15) is 21.9 Å². The van der Waals surface area contributed by atoms with E-state index >= 15 is 0 Å². The zero-order valence-electron chi connectivity index (χ0n) is 15.1. The summed E-state index contributed by atoms with van der Waals surface area (Å²) in [6.07, 6.45) is 3.07. The van der Waals surface area contributed by atoms with Gasteiger partial charge in [0.1, 0.15) is 11.4 Å². The second-order valence-corrected chi connectivity index (χ2v) is 7.38. The fourth-order valence-electron chi connectivity index (χ4n) is 3.16. The molecule has 6 heteroatoms. The minimum atomic E-state index is 0.169. The van der Waals surface area contributed by atoms with Crippen molar-refractivity contribution in [3.05, 3.63) is 64.6 Å². The number of ketones is 1. The van der Waals surface area contributed by atoms with Crippen LogP contribution in [0.5, 0.6) is 5.75 Å². The number of aromatic nitrogens is 1. The van der Waals surface area contributed by atoms with E-state index in [-0.39, 0.29) is 5.78 Å². The van der Waals surface area contributed by atoms with Crippen LogP contribution < -0.4 is 4.74 Å². The molecule has 0 spiro atoms. The van der Waals surface area contributed by atoms with Crippen LogP contribution in [0.3, 0.4) is 0 Å². The van der Waals surface area contributed by atoms with Gasteiger partial charge in [-0.1, -0.05) is 17.3 Å². The molecule has 0 N–H and O–H groups in total. The Morgan fingerprint density at radius 3 is 2.89 bits per heavy atom. The lowest BCUT2D eigenvalue weighted by Gasteiger charge is -2.25. The summed E-state index contributed by atoms with van der Waals surface area (Å²) in [6.45, 7) is 1.99. The molecule has 3 aromatic rings. The summed E-state index contributed by atoms with van der Waals surface area (Å²) >= 11 is 1.49. The highest BCUT2D eigenvalue weighted by molar-refractivity contribution is 7.12. The number of carbonyl (C=O) groups excluding carboxylic acids is 1. The third-order valence-electron chi connectivity index (χ3n) is 4.61. The van der Waals surface area contributed by atoms with Crippen molar-refractivity contribution in [3.63, 3.8) is 0 Å². The quantitative estimate of drug-likeness (QED) is 0.594. The van der Waals surface area contributed by atoms with E-state index in [0.717, 1.165) is 46.2 Å². The SMILES string of the molecule is COc1ccc(-c2cc(C3=CCCN(CC(=O)c4cccs4)C3)on2)cc1. The molecule has 3 heterocycles. The Bertz CT molecular complexity index is 942. The van der Waals surface area contributed by atoms with E-state index < -0.39 is 0 Å². The van der Waals surface area contributed by atoms with Crippen molar-refractivity contribution in [2.75, 3.05) is 26.7 Å². The summed E-state index contributed by atoms with van der Waals surface area (Å²) in [5.41, 5.74) is 2.85. The van der Waals surface area contributed by atoms with Crippen LogP contribution in [-0.2, 0) is 0 Å². The van der Waals surface area contributed by atoms with Crippen molar-refractivity contribution >= 4 is 22.7 Å². The Labute approximate surface area is 161 Å². The molecule has 0 saturated heterocycles. The monoisotopic (exact) mass is 380 g/mol. The molecule has 0 aliphatic carbocycles. The van der Waals surface area contributed by atoms with E-state index in [1.54, 1.807) is 7.11 Å². The van der Waals surface area contributed by atoms with Crippen molar-refractivity contribution in [2.45, 2.75) is 6.42 Å². The van der Waals surface area contributed by atoms with Gasteiger partial charge in [0.25, 0.3) is 0 Å². The molecule has 0 atom stereocenters. The molecule has 0 bridgehead atoms. The Morgan fingerprint density at radius 2 is 2.15 bits per heavy atom. The minimum absolute atomic E-state index is 0.169. The van der Waals surface area contributed by atoms with Crippen LogP contribution >= 0.6 is 11.3 Å². The predicted molar refractivity (Wildman–Crippen MR) is 106 cm³/mol. The Morgan fingerprint density at radius 1 is 1.30 bits per heavy atom. The zero-order chi connectivity index (χ0) is 18.6. The molecule has 138 valence electrons. The number of rotatable bonds is 6. The average molecular weight is 380 g/mol. The molecule has 1 aliphatic heterocycles. The first kappa shape index (κ1) is 17.7. The van der Waals surface area contributed by atoms with E-state index in [1.807, 2.05) is 47.8 Å². The topological polar surface area (TPSA) is 55.6 Å². The summed E-state index contributed by atoms with van der Waals surface area (Å²) in [5, 5.41) is 6.14. The number of nitrogens with zero attached hydrogens (tertiary/aromatic N) is 2. The van der Waals surface area contributed by atoms with Gasteiger partial charge in [0.05, 0.1) is 18.5 Å². The Hall–Kier alpha value is -2.70. The van der Waals surface area contributed by atoms with Gasteiger partial charge in [0, 0.05) is 30.3 Å². The van der Waals surface area contributed by atoms with E-state index in [0.29, 0.717) is 13.1 Å². The van der Waals surface area contributed by atoms with Gasteiger partial charge < -0.3 is 9.26 Å². The van der Waals surface area contributed by atoms with Crippen molar-refractivity contribution in [2.24, 2.45) is 0 Å². The highest BCUT2D eigenvalue weighted by Crippen LogP contribution is 2.27. The lowest BCUT2D eigenvalue weighted by molar-refractivity contribution is 0.0942. The molecule has 0 saturated carbocycles.